The summed E-state index contributed by atoms with van der Waals surface area (Å²) in [6.45, 7) is 5.10. The molecule has 2 heterocycles. The van der Waals surface area contributed by atoms with Crippen LogP contribution in [0.1, 0.15) is 64.9 Å². The smallest absolute Gasteiger partial charge is 0.257 e. The minimum absolute atomic E-state index is 0.00155. The van der Waals surface area contributed by atoms with Crippen molar-refractivity contribution in [2.24, 2.45) is 5.92 Å². The quantitative estimate of drug-likeness (QED) is 0.254. The monoisotopic (exact) mass is 551 g/mol. The average Bonchev–Trinajstić information content (AvgIpc) is 3.03. The number of hydrogen-bond donors (Lipinski definition) is 2. The van der Waals surface area contributed by atoms with Crippen LogP contribution in [-0.2, 0) is 16.1 Å². The molecule has 0 aliphatic carbocycles. The number of ether oxygens (including phenoxy) is 2. The molecule has 5 atom stereocenters. The predicted molar refractivity (Wildman–Crippen MR) is 159 cm³/mol. The van der Waals surface area contributed by atoms with Crippen molar-refractivity contribution in [1.82, 2.24) is 9.88 Å². The Balaban J connectivity index is 1.36. The maximum absolute atomic E-state index is 12.6. The van der Waals surface area contributed by atoms with E-state index in [4.69, 9.17) is 9.47 Å². The lowest BCUT2D eigenvalue weighted by Gasteiger charge is -2.43. The van der Waals surface area contributed by atoms with E-state index in [0.717, 1.165) is 23.2 Å². The van der Waals surface area contributed by atoms with Crippen molar-refractivity contribution in [3.8, 4) is 0 Å². The van der Waals surface area contributed by atoms with Crippen molar-refractivity contribution in [2.45, 2.75) is 45.0 Å². The summed E-state index contributed by atoms with van der Waals surface area (Å²) >= 11 is 0. The molecular formula is C34H37N3O4. The van der Waals surface area contributed by atoms with Gasteiger partial charge in [0.05, 0.1) is 24.4 Å². The number of aliphatic hydroxyl groups excluding tert-OH is 1. The third-order valence-corrected chi connectivity index (χ3v) is 7.90. The SMILES string of the molecule is CC1C(CN(C)C(C)c2ccccc2)OC(c2ccc(NC(=O)c3cccnc3)cc2)OC1c1ccc(CO)cc1. The van der Waals surface area contributed by atoms with Gasteiger partial charge >= 0.3 is 0 Å². The maximum Gasteiger partial charge on any atom is 0.257 e. The number of carbonyl (C=O) groups is 1. The van der Waals surface area contributed by atoms with Crippen LogP contribution in [0, 0.1) is 5.92 Å². The fourth-order valence-electron chi connectivity index (χ4n) is 5.18. The summed E-state index contributed by atoms with van der Waals surface area (Å²) in [5.41, 5.74) is 5.21. The van der Waals surface area contributed by atoms with Crippen molar-refractivity contribution < 1.29 is 19.4 Å². The minimum atomic E-state index is -0.581. The Bertz CT molecular complexity index is 1400. The lowest BCUT2D eigenvalue weighted by atomic mass is 9.89. The van der Waals surface area contributed by atoms with Crippen LogP contribution in [0.4, 0.5) is 5.69 Å². The van der Waals surface area contributed by atoms with Gasteiger partial charge < -0.3 is 19.9 Å². The molecule has 1 fully saturated rings. The lowest BCUT2D eigenvalue weighted by molar-refractivity contribution is -0.276. The van der Waals surface area contributed by atoms with E-state index < -0.39 is 6.29 Å². The largest absolute Gasteiger partial charge is 0.392 e. The number of aromatic nitrogens is 1. The summed E-state index contributed by atoms with van der Waals surface area (Å²) in [7, 11) is 2.13. The van der Waals surface area contributed by atoms with E-state index in [1.807, 2.05) is 54.6 Å². The number of nitrogens with zero attached hydrogens (tertiary/aromatic N) is 2. The second-order valence-corrected chi connectivity index (χ2v) is 10.7. The number of pyridine rings is 1. The number of rotatable bonds is 9. The Morgan fingerprint density at radius 2 is 1.66 bits per heavy atom. The average molecular weight is 552 g/mol. The number of nitrogens with one attached hydrogen (secondary N) is 1. The van der Waals surface area contributed by atoms with Gasteiger partial charge in [0.15, 0.2) is 6.29 Å². The molecule has 1 saturated heterocycles. The Hall–Kier alpha value is -3.88. The summed E-state index contributed by atoms with van der Waals surface area (Å²) in [5, 5.41) is 12.4. The van der Waals surface area contributed by atoms with Gasteiger partial charge in [-0.1, -0.05) is 73.7 Å². The first kappa shape index (κ1) is 28.6. The molecule has 0 radical (unpaired) electrons. The van der Waals surface area contributed by atoms with Gasteiger partial charge in [-0.05, 0) is 54.9 Å². The maximum atomic E-state index is 12.6. The Morgan fingerprint density at radius 3 is 2.32 bits per heavy atom. The van der Waals surface area contributed by atoms with Gasteiger partial charge in [-0.25, -0.2) is 0 Å². The lowest BCUT2D eigenvalue weighted by Crippen LogP contribution is -2.44. The van der Waals surface area contributed by atoms with Gasteiger partial charge in [0.1, 0.15) is 0 Å². The summed E-state index contributed by atoms with van der Waals surface area (Å²) in [4.78, 5) is 18.9. The third-order valence-electron chi connectivity index (χ3n) is 7.90. The molecule has 212 valence electrons. The van der Waals surface area contributed by atoms with E-state index in [0.29, 0.717) is 11.3 Å². The normalized spacial score (nSPS) is 21.4. The van der Waals surface area contributed by atoms with Crippen molar-refractivity contribution >= 4 is 11.6 Å². The minimum Gasteiger partial charge on any atom is -0.392 e. The first-order valence-corrected chi connectivity index (χ1v) is 14.0. The van der Waals surface area contributed by atoms with Gasteiger partial charge in [-0.2, -0.15) is 0 Å². The van der Waals surface area contributed by atoms with Gasteiger partial charge in [0.25, 0.3) is 5.91 Å². The van der Waals surface area contributed by atoms with Crippen molar-refractivity contribution in [3.05, 3.63) is 131 Å². The molecular weight excluding hydrogens is 514 g/mol. The molecule has 4 aromatic rings. The molecule has 7 heteroatoms. The van der Waals surface area contributed by atoms with Crippen LogP contribution in [0.2, 0.25) is 0 Å². The molecule has 1 aromatic heterocycles. The first-order chi connectivity index (χ1) is 19.9. The van der Waals surface area contributed by atoms with E-state index in [1.54, 1.807) is 18.3 Å². The van der Waals surface area contributed by atoms with Crippen LogP contribution in [0.5, 0.6) is 0 Å². The number of amides is 1. The number of likely N-dealkylation sites (N-methyl/N-ethyl adjacent to an activating group) is 1. The van der Waals surface area contributed by atoms with Crippen molar-refractivity contribution in [2.75, 3.05) is 18.9 Å². The van der Waals surface area contributed by atoms with Crippen LogP contribution in [0.15, 0.2) is 103 Å². The van der Waals surface area contributed by atoms with E-state index in [2.05, 4.69) is 60.4 Å². The highest BCUT2D eigenvalue weighted by Crippen LogP contribution is 2.42. The molecule has 41 heavy (non-hydrogen) atoms. The molecule has 0 bridgehead atoms. The molecule has 0 spiro atoms. The Labute approximate surface area is 241 Å². The zero-order valence-electron chi connectivity index (χ0n) is 23.7. The number of benzene rings is 3. The molecule has 7 nitrogen and oxygen atoms in total. The van der Waals surface area contributed by atoms with E-state index in [-0.39, 0.29) is 36.7 Å². The molecule has 5 unspecified atom stereocenters. The van der Waals surface area contributed by atoms with E-state index >= 15 is 0 Å². The van der Waals surface area contributed by atoms with Crippen LogP contribution in [-0.4, -0.2) is 40.6 Å². The van der Waals surface area contributed by atoms with Gasteiger partial charge in [-0.3, -0.25) is 14.7 Å². The highest BCUT2D eigenvalue weighted by Gasteiger charge is 2.39. The molecule has 1 amide bonds. The molecule has 1 aliphatic heterocycles. The second kappa shape index (κ2) is 13.2. The number of aliphatic hydroxyl groups is 1. The van der Waals surface area contributed by atoms with Crippen LogP contribution < -0.4 is 5.32 Å². The van der Waals surface area contributed by atoms with Crippen LogP contribution in [0.3, 0.4) is 0 Å². The topological polar surface area (TPSA) is 83.9 Å². The van der Waals surface area contributed by atoms with Crippen LogP contribution in [0.25, 0.3) is 0 Å². The van der Waals surface area contributed by atoms with Crippen LogP contribution >= 0.6 is 0 Å². The first-order valence-electron chi connectivity index (χ1n) is 14.0. The van der Waals surface area contributed by atoms with Crippen molar-refractivity contribution in [1.29, 1.82) is 0 Å². The summed E-state index contributed by atoms with van der Waals surface area (Å²) in [6.07, 6.45) is 2.30. The molecule has 0 saturated carbocycles. The Kier molecular flexibility index (Phi) is 9.21. The van der Waals surface area contributed by atoms with Gasteiger partial charge in [-0.15, -0.1) is 0 Å². The standard InChI is InChI=1S/C34H37N3O4/c1-23-31(21-37(3)24(2)26-8-5-4-6-9-26)40-34(41-32(23)27-13-11-25(22-38)12-14-27)28-15-17-30(18-16-28)36-33(39)29-10-7-19-35-20-29/h4-20,23-24,31-32,34,38H,21-22H2,1-3H3,(H,36,39). The summed E-state index contributed by atoms with van der Waals surface area (Å²) in [5.74, 6) is -0.137. The van der Waals surface area contributed by atoms with Gasteiger partial charge in [0, 0.05) is 42.1 Å². The van der Waals surface area contributed by atoms with Gasteiger partial charge in [0.2, 0.25) is 0 Å². The summed E-state index contributed by atoms with van der Waals surface area (Å²) in [6, 6.07) is 29.7. The third kappa shape index (κ3) is 6.89. The number of hydrogen-bond acceptors (Lipinski definition) is 6. The molecule has 5 rings (SSSR count). The zero-order valence-corrected chi connectivity index (χ0v) is 23.7. The second-order valence-electron chi connectivity index (χ2n) is 10.7. The predicted octanol–water partition coefficient (Wildman–Crippen LogP) is 6.31. The fourth-order valence-corrected chi connectivity index (χ4v) is 5.18. The van der Waals surface area contributed by atoms with Crippen molar-refractivity contribution in [3.63, 3.8) is 0 Å². The number of anilines is 1. The fraction of sp³-hybridized carbons (Fsp3) is 0.294. The highest BCUT2D eigenvalue weighted by molar-refractivity contribution is 6.04. The van der Waals surface area contributed by atoms with E-state index in [1.165, 1.54) is 11.8 Å². The van der Waals surface area contributed by atoms with E-state index in [9.17, 15) is 9.90 Å². The Morgan fingerprint density at radius 1 is 0.951 bits per heavy atom. The molecule has 1 aliphatic rings. The summed E-state index contributed by atoms with van der Waals surface area (Å²) < 4.78 is 13.2. The number of carbonyl (C=O) groups excluding carboxylic acids is 1. The highest BCUT2D eigenvalue weighted by atomic mass is 16.7. The molecule has 3 aromatic carbocycles. The zero-order chi connectivity index (χ0) is 28.8. The molecule has 2 N–H and O–H groups in total.